The minimum absolute atomic E-state index is 0.00328. The number of halogens is 2. The Hall–Kier alpha value is -2.18. The zero-order valence-corrected chi connectivity index (χ0v) is 15.7. The fraction of sp³-hybridized carbons (Fsp3) is 0.600. The molecule has 1 aromatic rings. The smallest absolute Gasteiger partial charge is 0.387 e. The molecule has 1 saturated heterocycles. The Labute approximate surface area is 158 Å². The summed E-state index contributed by atoms with van der Waals surface area (Å²) in [5.74, 6) is -0.184. The SMILES string of the molecule is Cc1cccc(OC(F)F)c1NC(=O)C1CC(=O)N(C2CCC(C)CC2)C1. The summed E-state index contributed by atoms with van der Waals surface area (Å²) < 4.78 is 29.8. The van der Waals surface area contributed by atoms with Gasteiger partial charge >= 0.3 is 6.61 Å². The van der Waals surface area contributed by atoms with Crippen LogP contribution < -0.4 is 10.1 Å². The van der Waals surface area contributed by atoms with Gasteiger partial charge in [0.05, 0.1) is 11.6 Å². The van der Waals surface area contributed by atoms with Crippen LogP contribution in [0.2, 0.25) is 0 Å². The summed E-state index contributed by atoms with van der Waals surface area (Å²) in [5.41, 5.74) is 0.865. The number of rotatable bonds is 5. The highest BCUT2D eigenvalue weighted by Crippen LogP contribution is 2.33. The molecule has 7 heteroatoms. The molecule has 148 valence electrons. The van der Waals surface area contributed by atoms with Gasteiger partial charge in [0.25, 0.3) is 0 Å². The molecule has 0 radical (unpaired) electrons. The van der Waals surface area contributed by atoms with Gasteiger partial charge in [0.2, 0.25) is 11.8 Å². The maximum atomic E-state index is 12.7. The largest absolute Gasteiger partial charge is 0.433 e. The molecular weight excluding hydrogens is 354 g/mol. The van der Waals surface area contributed by atoms with Crippen LogP contribution in [-0.4, -0.2) is 35.9 Å². The summed E-state index contributed by atoms with van der Waals surface area (Å²) in [5, 5.41) is 2.70. The molecule has 1 heterocycles. The average molecular weight is 380 g/mol. The zero-order chi connectivity index (χ0) is 19.6. The van der Waals surface area contributed by atoms with Gasteiger partial charge in [-0.1, -0.05) is 19.1 Å². The van der Waals surface area contributed by atoms with Gasteiger partial charge in [-0.3, -0.25) is 9.59 Å². The van der Waals surface area contributed by atoms with E-state index < -0.39 is 12.5 Å². The number of carbonyl (C=O) groups is 2. The lowest BCUT2D eigenvalue weighted by molar-refractivity contribution is -0.130. The van der Waals surface area contributed by atoms with Gasteiger partial charge in [-0.05, 0) is 50.2 Å². The standard InChI is InChI=1S/C20H26F2N2O3/c1-12-6-8-15(9-7-12)24-11-14(10-17(24)25)19(26)23-18-13(2)4-3-5-16(18)27-20(21)22/h3-5,12,14-15,20H,6-11H2,1-2H3,(H,23,26). The molecule has 0 aromatic heterocycles. The number of likely N-dealkylation sites (tertiary alicyclic amines) is 1. The molecule has 1 aliphatic carbocycles. The Morgan fingerprint density at radius 2 is 1.96 bits per heavy atom. The van der Waals surface area contributed by atoms with E-state index in [0.29, 0.717) is 18.0 Å². The third-order valence-corrected chi connectivity index (χ3v) is 5.65. The number of alkyl halides is 2. The first-order chi connectivity index (χ1) is 12.8. The molecule has 1 unspecified atom stereocenters. The van der Waals surface area contributed by atoms with E-state index in [-0.39, 0.29) is 35.7 Å². The van der Waals surface area contributed by atoms with Gasteiger partial charge in [-0.25, -0.2) is 0 Å². The molecule has 0 bridgehead atoms. The number of ether oxygens (including phenoxy) is 1. The van der Waals surface area contributed by atoms with Crippen LogP contribution in [0, 0.1) is 18.8 Å². The fourth-order valence-electron chi connectivity index (χ4n) is 4.03. The predicted octanol–water partition coefficient (Wildman–Crippen LogP) is 3.96. The van der Waals surface area contributed by atoms with Crippen LogP contribution in [0.1, 0.15) is 44.6 Å². The molecule has 5 nitrogen and oxygen atoms in total. The second-order valence-corrected chi connectivity index (χ2v) is 7.68. The van der Waals surface area contributed by atoms with Crippen molar-refractivity contribution < 1.29 is 23.1 Å². The summed E-state index contributed by atoms with van der Waals surface area (Å²) >= 11 is 0. The summed E-state index contributed by atoms with van der Waals surface area (Å²) in [7, 11) is 0. The quantitative estimate of drug-likeness (QED) is 0.841. The molecule has 0 spiro atoms. The number of benzene rings is 1. The van der Waals surface area contributed by atoms with Crippen LogP contribution in [0.25, 0.3) is 0 Å². The van der Waals surface area contributed by atoms with E-state index >= 15 is 0 Å². The van der Waals surface area contributed by atoms with Crippen molar-refractivity contribution in [2.24, 2.45) is 11.8 Å². The average Bonchev–Trinajstić information content (AvgIpc) is 3.00. The molecular formula is C20H26F2N2O3. The Kier molecular flexibility index (Phi) is 5.97. The third kappa shape index (κ3) is 4.57. The Balaban J connectivity index is 1.66. The molecule has 1 N–H and O–H groups in total. The molecule has 2 aliphatic rings. The van der Waals surface area contributed by atoms with Crippen LogP contribution in [0.3, 0.4) is 0 Å². The van der Waals surface area contributed by atoms with Crippen LogP contribution in [0.4, 0.5) is 14.5 Å². The lowest BCUT2D eigenvalue weighted by atomic mass is 9.87. The number of anilines is 1. The molecule has 1 saturated carbocycles. The van der Waals surface area contributed by atoms with Gasteiger partial charge in [0, 0.05) is 19.0 Å². The summed E-state index contributed by atoms with van der Waals surface area (Å²) in [6, 6.07) is 4.91. The van der Waals surface area contributed by atoms with Crippen LogP contribution >= 0.6 is 0 Å². The van der Waals surface area contributed by atoms with Crippen molar-refractivity contribution in [3.63, 3.8) is 0 Å². The molecule has 27 heavy (non-hydrogen) atoms. The van der Waals surface area contributed by atoms with Gasteiger partial charge in [0.1, 0.15) is 5.75 Å². The van der Waals surface area contributed by atoms with E-state index in [9.17, 15) is 18.4 Å². The number of carbonyl (C=O) groups excluding carboxylic acids is 2. The number of nitrogens with zero attached hydrogens (tertiary/aromatic N) is 1. The van der Waals surface area contributed by atoms with Crippen molar-refractivity contribution in [1.82, 2.24) is 4.90 Å². The minimum Gasteiger partial charge on any atom is -0.433 e. The Morgan fingerprint density at radius 3 is 2.63 bits per heavy atom. The van der Waals surface area contributed by atoms with Crippen LogP contribution in [-0.2, 0) is 9.59 Å². The Morgan fingerprint density at radius 1 is 1.26 bits per heavy atom. The highest BCUT2D eigenvalue weighted by Gasteiger charge is 2.39. The number of hydrogen-bond donors (Lipinski definition) is 1. The first kappa shape index (κ1) is 19.6. The summed E-state index contributed by atoms with van der Waals surface area (Å²) in [6.45, 7) is 1.35. The summed E-state index contributed by atoms with van der Waals surface area (Å²) in [4.78, 5) is 27.0. The second-order valence-electron chi connectivity index (χ2n) is 7.68. The normalized spacial score (nSPS) is 25.7. The van der Waals surface area contributed by atoms with Crippen molar-refractivity contribution >= 4 is 17.5 Å². The van der Waals surface area contributed by atoms with Crippen molar-refractivity contribution in [2.45, 2.75) is 58.6 Å². The molecule has 2 amide bonds. The number of nitrogens with one attached hydrogen (secondary N) is 1. The monoisotopic (exact) mass is 380 g/mol. The number of hydrogen-bond acceptors (Lipinski definition) is 3. The molecule has 3 rings (SSSR count). The Bertz CT molecular complexity index is 702. The predicted molar refractivity (Wildman–Crippen MR) is 97.7 cm³/mol. The number of aryl methyl sites for hydroxylation is 1. The number of amides is 2. The van der Waals surface area contributed by atoms with E-state index in [2.05, 4.69) is 17.0 Å². The highest BCUT2D eigenvalue weighted by molar-refractivity contribution is 5.98. The fourth-order valence-corrected chi connectivity index (χ4v) is 4.03. The summed E-state index contributed by atoms with van der Waals surface area (Å²) in [6.07, 6.45) is 4.32. The van der Waals surface area contributed by atoms with Gasteiger partial charge in [0.15, 0.2) is 0 Å². The maximum absolute atomic E-state index is 12.7. The van der Waals surface area contributed by atoms with Gasteiger partial charge < -0.3 is 15.0 Å². The topological polar surface area (TPSA) is 58.6 Å². The van der Waals surface area contributed by atoms with Crippen molar-refractivity contribution in [3.8, 4) is 5.75 Å². The van der Waals surface area contributed by atoms with E-state index in [1.165, 1.54) is 6.07 Å². The van der Waals surface area contributed by atoms with E-state index in [0.717, 1.165) is 25.7 Å². The minimum atomic E-state index is -2.97. The second kappa shape index (κ2) is 8.23. The third-order valence-electron chi connectivity index (χ3n) is 5.65. The molecule has 1 aliphatic heterocycles. The van der Waals surface area contributed by atoms with E-state index in [1.807, 2.05) is 4.90 Å². The van der Waals surface area contributed by atoms with Crippen molar-refractivity contribution in [2.75, 3.05) is 11.9 Å². The maximum Gasteiger partial charge on any atom is 0.387 e. The van der Waals surface area contributed by atoms with Gasteiger partial charge in [-0.2, -0.15) is 8.78 Å². The first-order valence-electron chi connectivity index (χ1n) is 9.50. The van der Waals surface area contributed by atoms with Crippen LogP contribution in [0.15, 0.2) is 18.2 Å². The van der Waals surface area contributed by atoms with Crippen molar-refractivity contribution in [1.29, 1.82) is 0 Å². The first-order valence-corrected chi connectivity index (χ1v) is 9.50. The highest BCUT2D eigenvalue weighted by atomic mass is 19.3. The zero-order valence-electron chi connectivity index (χ0n) is 15.7. The van der Waals surface area contributed by atoms with E-state index in [4.69, 9.17) is 0 Å². The number of para-hydroxylation sites is 1. The molecule has 1 aromatic carbocycles. The van der Waals surface area contributed by atoms with E-state index in [1.54, 1.807) is 19.1 Å². The van der Waals surface area contributed by atoms with Gasteiger partial charge in [-0.15, -0.1) is 0 Å². The van der Waals surface area contributed by atoms with Crippen LogP contribution in [0.5, 0.6) is 5.75 Å². The van der Waals surface area contributed by atoms with Crippen molar-refractivity contribution in [3.05, 3.63) is 23.8 Å². The molecule has 2 fully saturated rings. The lowest BCUT2D eigenvalue weighted by Crippen LogP contribution is -2.39. The lowest BCUT2D eigenvalue weighted by Gasteiger charge is -2.33. The molecule has 1 atom stereocenters.